The lowest BCUT2D eigenvalue weighted by molar-refractivity contribution is -0.154. The smallest absolute Gasteiger partial charge is 0.252 e. The van der Waals surface area contributed by atoms with Crippen LogP contribution in [-0.2, 0) is 6.42 Å². The van der Waals surface area contributed by atoms with Gasteiger partial charge in [0.05, 0.1) is 5.33 Å². The third-order valence-corrected chi connectivity index (χ3v) is 3.38. The van der Waals surface area contributed by atoms with Crippen molar-refractivity contribution in [1.82, 2.24) is 0 Å². The van der Waals surface area contributed by atoms with Crippen molar-refractivity contribution in [3.05, 3.63) is 23.8 Å². The molecule has 3 nitrogen and oxygen atoms in total. The molecule has 0 radical (unpaired) electrons. The van der Waals surface area contributed by atoms with Crippen molar-refractivity contribution in [3.63, 3.8) is 0 Å². The number of aryl methyl sites for hydroxylation is 1. The number of aliphatic hydroxyl groups is 1. The molecule has 1 aliphatic heterocycles. The molecule has 0 amide bonds. The summed E-state index contributed by atoms with van der Waals surface area (Å²) in [5.74, 6) is 0.0730. The highest BCUT2D eigenvalue weighted by Gasteiger charge is 2.34. The summed E-state index contributed by atoms with van der Waals surface area (Å²) in [4.78, 5) is 0. The Morgan fingerprint density at radius 1 is 1.44 bits per heavy atom. The maximum absolute atomic E-state index is 9.91. The van der Waals surface area contributed by atoms with Gasteiger partial charge in [0.1, 0.15) is 0 Å². The highest BCUT2D eigenvalue weighted by Crippen LogP contribution is 2.35. The first kappa shape index (κ1) is 11.7. The summed E-state index contributed by atoms with van der Waals surface area (Å²) < 4.78 is 11.0. The van der Waals surface area contributed by atoms with Crippen molar-refractivity contribution in [2.75, 3.05) is 11.9 Å². The molecule has 0 fully saturated rings. The van der Waals surface area contributed by atoms with Gasteiger partial charge in [0, 0.05) is 0 Å². The van der Waals surface area contributed by atoms with Gasteiger partial charge in [-0.2, -0.15) is 0 Å². The second-order valence-corrected chi connectivity index (χ2v) is 4.56. The Morgan fingerprint density at radius 2 is 2.25 bits per heavy atom. The zero-order valence-electron chi connectivity index (χ0n) is 9.20. The van der Waals surface area contributed by atoms with E-state index < -0.39 is 5.79 Å². The van der Waals surface area contributed by atoms with Crippen molar-refractivity contribution < 1.29 is 14.6 Å². The number of ether oxygens (including phenoxy) is 2. The summed E-state index contributed by atoms with van der Waals surface area (Å²) >= 11 is 3.20. The molecule has 16 heavy (non-hydrogen) atoms. The summed E-state index contributed by atoms with van der Waals surface area (Å²) in [7, 11) is 0. The highest BCUT2D eigenvalue weighted by molar-refractivity contribution is 9.09. The van der Waals surface area contributed by atoms with E-state index in [0.29, 0.717) is 11.1 Å². The van der Waals surface area contributed by atoms with Crippen LogP contribution in [0.2, 0.25) is 0 Å². The van der Waals surface area contributed by atoms with Crippen LogP contribution in [0, 0.1) is 0 Å². The van der Waals surface area contributed by atoms with Crippen LogP contribution >= 0.6 is 15.9 Å². The first-order chi connectivity index (χ1) is 7.67. The minimum atomic E-state index is -1.25. The Hall–Kier alpha value is -0.740. The summed E-state index contributed by atoms with van der Waals surface area (Å²) in [5, 5.41) is 10.2. The predicted octanol–water partition coefficient (Wildman–Crippen LogP) is 2.49. The van der Waals surface area contributed by atoms with E-state index in [4.69, 9.17) is 9.47 Å². The van der Waals surface area contributed by atoms with Crippen LogP contribution in [0.3, 0.4) is 0 Å². The lowest BCUT2D eigenvalue weighted by Crippen LogP contribution is -2.46. The molecular weight excluding hydrogens is 272 g/mol. The molecule has 1 heterocycles. The second-order valence-electron chi connectivity index (χ2n) is 4.00. The number of rotatable bonds is 3. The average Bonchev–Trinajstić information content (AvgIpc) is 2.30. The van der Waals surface area contributed by atoms with Crippen LogP contribution < -0.4 is 9.47 Å². The van der Waals surface area contributed by atoms with Crippen LogP contribution in [0.1, 0.15) is 18.9 Å². The molecule has 1 aromatic carbocycles. The second kappa shape index (κ2) is 4.63. The van der Waals surface area contributed by atoms with Crippen LogP contribution in [0.4, 0.5) is 0 Å². The Bertz CT molecular complexity index is 381. The van der Waals surface area contributed by atoms with E-state index in [1.165, 1.54) is 5.56 Å². The summed E-state index contributed by atoms with van der Waals surface area (Å²) in [6, 6.07) is 5.84. The van der Waals surface area contributed by atoms with Gasteiger partial charge in [-0.05, 0) is 24.1 Å². The highest BCUT2D eigenvalue weighted by atomic mass is 79.9. The van der Waals surface area contributed by atoms with E-state index in [1.54, 1.807) is 0 Å². The van der Waals surface area contributed by atoms with Gasteiger partial charge < -0.3 is 14.6 Å². The number of halogens is 1. The average molecular weight is 287 g/mol. The lowest BCUT2D eigenvalue weighted by atomic mass is 10.1. The fourth-order valence-electron chi connectivity index (χ4n) is 1.68. The summed E-state index contributed by atoms with van der Waals surface area (Å²) in [5.41, 5.74) is 1.23. The molecule has 1 unspecified atom stereocenters. The number of benzene rings is 1. The number of fused-ring (bicyclic) bond motifs is 1. The van der Waals surface area contributed by atoms with E-state index in [0.717, 1.165) is 18.6 Å². The van der Waals surface area contributed by atoms with Crippen LogP contribution in [0.15, 0.2) is 18.2 Å². The van der Waals surface area contributed by atoms with E-state index in [9.17, 15) is 5.11 Å². The largest absolute Gasteiger partial charge is 0.483 e. The van der Waals surface area contributed by atoms with Crippen LogP contribution in [0.5, 0.6) is 11.5 Å². The number of alkyl halides is 1. The summed E-state index contributed by atoms with van der Waals surface area (Å²) in [6.45, 7) is 2.29. The standard InChI is InChI=1S/C12H15BrO3/c1-2-3-9-4-5-10-11(6-9)15-8-12(14,7-13)16-10/h4-6,14H,2-3,7-8H2,1H3. The zero-order chi connectivity index (χ0) is 11.6. The molecule has 0 saturated heterocycles. The molecule has 1 aromatic rings. The van der Waals surface area contributed by atoms with E-state index in [-0.39, 0.29) is 6.61 Å². The molecule has 1 aliphatic rings. The lowest BCUT2D eigenvalue weighted by Gasteiger charge is -2.32. The first-order valence-corrected chi connectivity index (χ1v) is 6.52. The van der Waals surface area contributed by atoms with Gasteiger partial charge >= 0.3 is 0 Å². The van der Waals surface area contributed by atoms with Crippen molar-refractivity contribution in [2.45, 2.75) is 25.6 Å². The maximum Gasteiger partial charge on any atom is 0.252 e. The minimum absolute atomic E-state index is 0.154. The minimum Gasteiger partial charge on any atom is -0.483 e. The van der Waals surface area contributed by atoms with Crippen LogP contribution in [0.25, 0.3) is 0 Å². The van der Waals surface area contributed by atoms with Crippen LogP contribution in [-0.4, -0.2) is 22.8 Å². The molecule has 0 saturated carbocycles. The molecule has 1 atom stereocenters. The van der Waals surface area contributed by atoms with Gasteiger partial charge in [-0.3, -0.25) is 0 Å². The van der Waals surface area contributed by atoms with E-state index in [2.05, 4.69) is 22.9 Å². The Labute approximate surface area is 104 Å². The first-order valence-electron chi connectivity index (χ1n) is 5.40. The van der Waals surface area contributed by atoms with Gasteiger partial charge in [-0.15, -0.1) is 0 Å². The molecule has 0 bridgehead atoms. The van der Waals surface area contributed by atoms with E-state index in [1.807, 2.05) is 18.2 Å². The third-order valence-electron chi connectivity index (χ3n) is 2.51. The molecule has 88 valence electrons. The molecular formula is C12H15BrO3. The zero-order valence-corrected chi connectivity index (χ0v) is 10.8. The van der Waals surface area contributed by atoms with Crippen molar-refractivity contribution in [3.8, 4) is 11.5 Å². The Morgan fingerprint density at radius 3 is 2.94 bits per heavy atom. The van der Waals surface area contributed by atoms with Gasteiger partial charge in [0.15, 0.2) is 18.1 Å². The molecule has 1 N–H and O–H groups in total. The summed E-state index contributed by atoms with van der Waals surface area (Å²) in [6.07, 6.45) is 2.13. The van der Waals surface area contributed by atoms with Gasteiger partial charge in [0.2, 0.25) is 0 Å². The van der Waals surface area contributed by atoms with Gasteiger partial charge in [0.25, 0.3) is 5.79 Å². The molecule has 0 aromatic heterocycles. The predicted molar refractivity (Wildman–Crippen MR) is 65.3 cm³/mol. The van der Waals surface area contributed by atoms with Crippen molar-refractivity contribution >= 4 is 15.9 Å². The number of hydrogen-bond acceptors (Lipinski definition) is 3. The SMILES string of the molecule is CCCc1ccc2c(c1)OCC(O)(CBr)O2. The quantitative estimate of drug-likeness (QED) is 0.868. The molecule has 2 rings (SSSR count). The van der Waals surface area contributed by atoms with Crippen molar-refractivity contribution in [1.29, 1.82) is 0 Å². The number of hydrogen-bond donors (Lipinski definition) is 1. The Kier molecular flexibility index (Phi) is 3.40. The topological polar surface area (TPSA) is 38.7 Å². The van der Waals surface area contributed by atoms with Gasteiger partial charge in [-0.25, -0.2) is 0 Å². The maximum atomic E-state index is 9.91. The molecule has 4 heteroatoms. The third kappa shape index (κ3) is 2.33. The monoisotopic (exact) mass is 286 g/mol. The van der Waals surface area contributed by atoms with Gasteiger partial charge in [-0.1, -0.05) is 35.3 Å². The Balaban J connectivity index is 2.22. The van der Waals surface area contributed by atoms with Crippen molar-refractivity contribution in [2.24, 2.45) is 0 Å². The fourth-order valence-corrected chi connectivity index (χ4v) is 1.96. The molecule has 0 spiro atoms. The fraction of sp³-hybridized carbons (Fsp3) is 0.500. The normalized spacial score (nSPS) is 23.2. The van der Waals surface area contributed by atoms with E-state index >= 15 is 0 Å². The molecule has 0 aliphatic carbocycles.